The molecule has 1 aromatic heterocycles. The summed E-state index contributed by atoms with van der Waals surface area (Å²) in [4.78, 5) is 0.191. The zero-order chi connectivity index (χ0) is 19.6. The van der Waals surface area contributed by atoms with Crippen LogP contribution in [-0.2, 0) is 23.7 Å². The molecule has 142 valence electrons. The van der Waals surface area contributed by atoms with Gasteiger partial charge in [-0.3, -0.25) is 9.40 Å². The van der Waals surface area contributed by atoms with Gasteiger partial charge in [-0.2, -0.15) is 5.10 Å². The van der Waals surface area contributed by atoms with Gasteiger partial charge < -0.3 is 4.74 Å². The minimum absolute atomic E-state index is 0.191. The second-order valence-electron chi connectivity index (χ2n) is 6.25. The van der Waals surface area contributed by atoms with Gasteiger partial charge in [0.05, 0.1) is 27.0 Å². The molecule has 0 unspecified atom stereocenters. The molecule has 8 heteroatoms. The molecule has 3 rings (SSSR count). The summed E-state index contributed by atoms with van der Waals surface area (Å²) in [5, 5.41) is 4.58. The Morgan fingerprint density at radius 2 is 1.81 bits per heavy atom. The monoisotopic (exact) mass is 405 g/mol. The molecule has 0 aliphatic rings. The fourth-order valence-corrected chi connectivity index (χ4v) is 3.85. The number of hydrogen-bond donors (Lipinski definition) is 1. The van der Waals surface area contributed by atoms with Gasteiger partial charge in [-0.1, -0.05) is 29.3 Å². The summed E-state index contributed by atoms with van der Waals surface area (Å²) in [7, 11) is -1.84. The lowest BCUT2D eigenvalue weighted by Gasteiger charge is -2.12. The number of benzene rings is 2. The average Bonchev–Trinajstić information content (AvgIpc) is 2.91. The zero-order valence-corrected chi connectivity index (χ0v) is 16.8. The van der Waals surface area contributed by atoms with Crippen LogP contribution in [-0.4, -0.2) is 18.2 Å². The van der Waals surface area contributed by atoms with E-state index in [1.165, 1.54) is 6.07 Å². The number of sulfonamides is 1. The molecule has 1 N–H and O–H groups in total. The van der Waals surface area contributed by atoms with Gasteiger partial charge in [0, 0.05) is 7.05 Å². The van der Waals surface area contributed by atoms with Crippen molar-refractivity contribution in [1.29, 1.82) is 0 Å². The molecule has 0 saturated carbocycles. The van der Waals surface area contributed by atoms with Crippen molar-refractivity contribution in [2.75, 3.05) is 4.72 Å². The maximum atomic E-state index is 12.5. The van der Waals surface area contributed by atoms with Crippen molar-refractivity contribution in [1.82, 2.24) is 9.78 Å². The fourth-order valence-electron chi connectivity index (χ4n) is 2.56. The van der Waals surface area contributed by atoms with Crippen molar-refractivity contribution in [3.05, 3.63) is 70.5 Å². The Bertz CT molecular complexity index is 1060. The fraction of sp³-hybridized carbons (Fsp3) is 0.211. The lowest BCUT2D eigenvalue weighted by molar-refractivity contribution is 0.295. The van der Waals surface area contributed by atoms with Gasteiger partial charge in [-0.15, -0.1) is 0 Å². The van der Waals surface area contributed by atoms with E-state index < -0.39 is 10.0 Å². The number of aromatic nitrogens is 2. The second kappa shape index (κ2) is 7.62. The van der Waals surface area contributed by atoms with Crippen LogP contribution in [0.5, 0.6) is 5.75 Å². The predicted molar refractivity (Wildman–Crippen MR) is 106 cm³/mol. The third-order valence-corrected chi connectivity index (χ3v) is 5.68. The third kappa shape index (κ3) is 4.61. The molecule has 2 aromatic carbocycles. The van der Waals surface area contributed by atoms with Crippen LogP contribution in [0.15, 0.2) is 53.4 Å². The van der Waals surface area contributed by atoms with E-state index in [1.807, 2.05) is 27.0 Å². The van der Waals surface area contributed by atoms with E-state index in [0.717, 1.165) is 17.0 Å². The summed E-state index contributed by atoms with van der Waals surface area (Å²) in [5.74, 6) is 0.466. The molecule has 0 fully saturated rings. The number of nitrogens with one attached hydrogen (secondary N) is 1. The zero-order valence-electron chi connectivity index (χ0n) is 15.2. The van der Waals surface area contributed by atoms with Crippen LogP contribution in [0.2, 0.25) is 5.02 Å². The van der Waals surface area contributed by atoms with Gasteiger partial charge in [0.15, 0.2) is 0 Å². The minimum atomic E-state index is -3.68. The number of aryl methyl sites for hydroxylation is 3. The largest absolute Gasteiger partial charge is 0.486 e. The van der Waals surface area contributed by atoms with Crippen LogP contribution in [0, 0.1) is 13.8 Å². The molecule has 0 radical (unpaired) electrons. The van der Waals surface area contributed by atoms with Crippen molar-refractivity contribution < 1.29 is 13.2 Å². The average molecular weight is 406 g/mol. The molecular weight excluding hydrogens is 386 g/mol. The summed E-state index contributed by atoms with van der Waals surface area (Å²) in [6.45, 7) is 4.12. The molecule has 0 spiro atoms. The van der Waals surface area contributed by atoms with Crippen LogP contribution >= 0.6 is 11.6 Å². The highest BCUT2D eigenvalue weighted by molar-refractivity contribution is 7.92. The molecule has 0 saturated heterocycles. The Balaban J connectivity index is 1.72. The molecule has 0 bridgehead atoms. The van der Waals surface area contributed by atoms with E-state index in [4.69, 9.17) is 16.3 Å². The topological polar surface area (TPSA) is 73.2 Å². The first-order valence-electron chi connectivity index (χ1n) is 8.26. The van der Waals surface area contributed by atoms with Crippen molar-refractivity contribution in [3.63, 3.8) is 0 Å². The van der Waals surface area contributed by atoms with Gasteiger partial charge in [-0.25, -0.2) is 8.42 Å². The molecule has 0 atom stereocenters. The van der Waals surface area contributed by atoms with E-state index in [0.29, 0.717) is 23.1 Å². The summed E-state index contributed by atoms with van der Waals surface area (Å²) in [6.07, 6.45) is 0. The van der Waals surface area contributed by atoms with E-state index in [-0.39, 0.29) is 4.90 Å². The van der Waals surface area contributed by atoms with Gasteiger partial charge in [0.25, 0.3) is 10.0 Å². The first-order chi connectivity index (χ1) is 12.7. The maximum absolute atomic E-state index is 12.5. The lowest BCUT2D eigenvalue weighted by Crippen LogP contribution is -2.13. The first-order valence-corrected chi connectivity index (χ1v) is 10.1. The SMILES string of the molecule is Cc1ccc(S(=O)(=O)Nc2ccc(OCc3cc(C)nn3C)c(Cl)c2)cc1. The number of hydrogen-bond acceptors (Lipinski definition) is 4. The molecule has 6 nitrogen and oxygen atoms in total. The van der Waals surface area contributed by atoms with Crippen molar-refractivity contribution >= 4 is 27.3 Å². The van der Waals surface area contributed by atoms with Gasteiger partial charge in [0.1, 0.15) is 12.4 Å². The third-order valence-electron chi connectivity index (χ3n) is 3.99. The summed E-state index contributed by atoms with van der Waals surface area (Å²) in [6, 6.07) is 13.3. The van der Waals surface area contributed by atoms with Crippen molar-refractivity contribution in [2.24, 2.45) is 7.05 Å². The molecule has 0 aliphatic heterocycles. The number of nitrogens with zero attached hydrogens (tertiary/aromatic N) is 2. The molecular formula is C19H20ClN3O3S. The van der Waals surface area contributed by atoms with Crippen LogP contribution in [0.3, 0.4) is 0 Å². The number of ether oxygens (including phenoxy) is 1. The standard InChI is InChI=1S/C19H20ClN3O3S/c1-13-4-7-17(8-5-13)27(24,25)22-15-6-9-19(18(20)11-15)26-12-16-10-14(2)21-23(16)3/h4-11,22H,12H2,1-3H3. The number of halogens is 1. The Morgan fingerprint density at radius 3 is 2.41 bits per heavy atom. The summed E-state index contributed by atoms with van der Waals surface area (Å²) in [5.41, 5.74) is 3.17. The van der Waals surface area contributed by atoms with Crippen molar-refractivity contribution in [3.8, 4) is 5.75 Å². The van der Waals surface area contributed by atoms with Gasteiger partial charge >= 0.3 is 0 Å². The maximum Gasteiger partial charge on any atom is 0.261 e. The van der Waals surface area contributed by atoms with Gasteiger partial charge in [-0.05, 0) is 50.2 Å². The highest BCUT2D eigenvalue weighted by Gasteiger charge is 2.15. The number of rotatable bonds is 6. The van der Waals surface area contributed by atoms with Crippen molar-refractivity contribution in [2.45, 2.75) is 25.3 Å². The highest BCUT2D eigenvalue weighted by atomic mass is 35.5. The second-order valence-corrected chi connectivity index (χ2v) is 8.34. The molecule has 3 aromatic rings. The van der Waals surface area contributed by atoms with Crippen LogP contribution in [0.4, 0.5) is 5.69 Å². The Morgan fingerprint density at radius 1 is 1.11 bits per heavy atom. The van der Waals surface area contributed by atoms with E-state index >= 15 is 0 Å². The summed E-state index contributed by atoms with van der Waals surface area (Å²) >= 11 is 6.25. The lowest BCUT2D eigenvalue weighted by atomic mass is 10.2. The van der Waals surface area contributed by atoms with Crippen LogP contribution in [0.25, 0.3) is 0 Å². The smallest absolute Gasteiger partial charge is 0.261 e. The quantitative estimate of drug-likeness (QED) is 0.670. The number of anilines is 1. The van der Waals surface area contributed by atoms with E-state index in [9.17, 15) is 8.42 Å². The van der Waals surface area contributed by atoms with Gasteiger partial charge in [0.2, 0.25) is 0 Å². The Labute approximate surface area is 163 Å². The van der Waals surface area contributed by atoms with E-state index in [2.05, 4.69) is 9.82 Å². The normalized spacial score (nSPS) is 11.4. The molecule has 0 amide bonds. The van der Waals surface area contributed by atoms with Crippen LogP contribution in [0.1, 0.15) is 17.0 Å². The molecule has 27 heavy (non-hydrogen) atoms. The molecule has 0 aliphatic carbocycles. The Kier molecular flexibility index (Phi) is 5.43. The first kappa shape index (κ1) is 19.3. The highest BCUT2D eigenvalue weighted by Crippen LogP contribution is 2.29. The van der Waals surface area contributed by atoms with Crippen LogP contribution < -0.4 is 9.46 Å². The minimum Gasteiger partial charge on any atom is -0.486 e. The summed E-state index contributed by atoms with van der Waals surface area (Å²) < 4.78 is 34.9. The molecule has 1 heterocycles. The Hall–Kier alpha value is -2.51. The van der Waals surface area contributed by atoms with E-state index in [1.54, 1.807) is 41.1 Å². The predicted octanol–water partition coefficient (Wildman–Crippen LogP) is 4.07.